The number of piperazine rings is 2. The molecule has 2 fully saturated rings. The van der Waals surface area contributed by atoms with Gasteiger partial charge in [-0.05, 0) is 31.5 Å². The molecule has 0 aliphatic carbocycles. The molecule has 35 heavy (non-hydrogen) atoms. The first kappa shape index (κ1) is 24.8. The van der Waals surface area contributed by atoms with Gasteiger partial charge in [-0.2, -0.15) is 4.98 Å². The molecule has 0 atom stereocenters. The summed E-state index contributed by atoms with van der Waals surface area (Å²) in [6, 6.07) is 5.97. The molecule has 2 saturated heterocycles. The zero-order chi connectivity index (χ0) is 24.8. The van der Waals surface area contributed by atoms with Crippen LogP contribution in [0.5, 0.6) is 5.88 Å². The van der Waals surface area contributed by atoms with E-state index in [1.54, 1.807) is 16.9 Å². The van der Waals surface area contributed by atoms with E-state index in [-0.39, 0.29) is 12.2 Å². The van der Waals surface area contributed by atoms with Crippen molar-refractivity contribution in [3.05, 3.63) is 23.8 Å². The first-order valence-electron chi connectivity index (χ1n) is 12.2. The number of hydrogen-bond donors (Lipinski definition) is 0. The van der Waals surface area contributed by atoms with Gasteiger partial charge < -0.3 is 28.9 Å². The van der Waals surface area contributed by atoms with Crippen molar-refractivity contribution in [3.8, 4) is 5.88 Å². The van der Waals surface area contributed by atoms with Gasteiger partial charge in [-0.25, -0.2) is 14.6 Å². The maximum absolute atomic E-state index is 12.1. The second-order valence-electron chi connectivity index (χ2n) is 8.50. The molecule has 11 nitrogen and oxygen atoms in total. The van der Waals surface area contributed by atoms with Crippen LogP contribution in [-0.2, 0) is 16.0 Å². The number of fused-ring (bicyclic) bond motifs is 1. The minimum absolute atomic E-state index is 0.248. The Morgan fingerprint density at radius 2 is 1.46 bits per heavy atom. The van der Waals surface area contributed by atoms with Crippen LogP contribution in [0.1, 0.15) is 19.4 Å². The second-order valence-corrected chi connectivity index (χ2v) is 8.50. The molecule has 4 rings (SSSR count). The minimum atomic E-state index is -0.271. The van der Waals surface area contributed by atoms with Gasteiger partial charge in [0.1, 0.15) is 5.82 Å². The van der Waals surface area contributed by atoms with Crippen LogP contribution in [0, 0.1) is 0 Å². The third kappa shape index (κ3) is 5.84. The lowest BCUT2D eigenvalue weighted by molar-refractivity contribution is 0.0779. The molecular formula is C24H34N6O5. The van der Waals surface area contributed by atoms with Gasteiger partial charge in [0, 0.05) is 70.4 Å². The van der Waals surface area contributed by atoms with E-state index in [1.807, 2.05) is 26.0 Å². The monoisotopic (exact) mass is 486 g/mol. The smallest absolute Gasteiger partial charge is 0.409 e. The molecule has 0 aromatic carbocycles. The highest BCUT2D eigenvalue weighted by Crippen LogP contribution is 2.26. The van der Waals surface area contributed by atoms with Gasteiger partial charge in [0.25, 0.3) is 0 Å². The predicted molar refractivity (Wildman–Crippen MR) is 131 cm³/mol. The quantitative estimate of drug-likeness (QED) is 0.608. The van der Waals surface area contributed by atoms with E-state index in [0.717, 1.165) is 36.4 Å². The van der Waals surface area contributed by atoms with Gasteiger partial charge in [0.05, 0.1) is 20.3 Å². The number of pyridine rings is 2. The highest BCUT2D eigenvalue weighted by atomic mass is 16.6. The average molecular weight is 487 g/mol. The lowest BCUT2D eigenvalue weighted by Crippen LogP contribution is -2.49. The van der Waals surface area contributed by atoms with Crippen LogP contribution in [0.3, 0.4) is 0 Å². The first-order valence-corrected chi connectivity index (χ1v) is 12.2. The topological polar surface area (TPSA) is 101 Å². The molecule has 0 unspecified atom stereocenters. The van der Waals surface area contributed by atoms with E-state index in [2.05, 4.69) is 20.9 Å². The van der Waals surface area contributed by atoms with Crippen molar-refractivity contribution in [2.24, 2.45) is 0 Å². The predicted octanol–water partition coefficient (Wildman–Crippen LogP) is 2.19. The van der Waals surface area contributed by atoms with Crippen molar-refractivity contribution < 1.29 is 23.8 Å². The van der Waals surface area contributed by atoms with Crippen LogP contribution >= 0.6 is 0 Å². The fourth-order valence-electron chi connectivity index (χ4n) is 4.42. The summed E-state index contributed by atoms with van der Waals surface area (Å²) in [4.78, 5) is 41.5. The number of amides is 2. The van der Waals surface area contributed by atoms with E-state index in [1.165, 1.54) is 0 Å². The number of rotatable bonds is 6. The van der Waals surface area contributed by atoms with Gasteiger partial charge in [-0.3, -0.25) is 4.90 Å². The van der Waals surface area contributed by atoms with Gasteiger partial charge in [0.2, 0.25) is 5.88 Å². The molecule has 11 heteroatoms. The molecule has 2 aliphatic heterocycles. The zero-order valence-corrected chi connectivity index (χ0v) is 20.7. The Balaban J connectivity index is 1.51. The third-order valence-corrected chi connectivity index (χ3v) is 6.35. The van der Waals surface area contributed by atoms with Crippen molar-refractivity contribution >= 4 is 29.0 Å². The maximum atomic E-state index is 12.1. The minimum Gasteiger partial charge on any atom is -0.481 e. The SMILES string of the molecule is CCOC(=O)N1CCN(Cc2cc(N3CCN(C(=O)OCC)CC3)nc3nc(OC)ccc23)CC1. The van der Waals surface area contributed by atoms with E-state index in [9.17, 15) is 9.59 Å². The highest BCUT2D eigenvalue weighted by Gasteiger charge is 2.25. The zero-order valence-electron chi connectivity index (χ0n) is 20.7. The molecule has 2 aromatic heterocycles. The summed E-state index contributed by atoms with van der Waals surface area (Å²) >= 11 is 0. The van der Waals surface area contributed by atoms with Crippen LogP contribution in [0.25, 0.3) is 11.0 Å². The molecule has 0 bridgehead atoms. The van der Waals surface area contributed by atoms with Crippen molar-refractivity contribution in [2.75, 3.05) is 77.6 Å². The summed E-state index contributed by atoms with van der Waals surface area (Å²) in [5.74, 6) is 1.35. The van der Waals surface area contributed by atoms with Crippen LogP contribution in [0.15, 0.2) is 18.2 Å². The normalized spacial score (nSPS) is 16.9. The summed E-state index contributed by atoms with van der Waals surface area (Å²) in [6.07, 6.45) is -0.519. The summed E-state index contributed by atoms with van der Waals surface area (Å²) in [6.45, 7) is 10.4. The summed E-state index contributed by atoms with van der Waals surface area (Å²) in [7, 11) is 1.59. The van der Waals surface area contributed by atoms with E-state index < -0.39 is 0 Å². The van der Waals surface area contributed by atoms with Crippen molar-refractivity contribution in [1.82, 2.24) is 24.7 Å². The number of hydrogen-bond acceptors (Lipinski definition) is 9. The Morgan fingerprint density at radius 1 is 0.857 bits per heavy atom. The molecule has 2 aliphatic rings. The number of ether oxygens (including phenoxy) is 3. The standard InChI is InChI=1S/C24H34N6O5/c1-4-34-23(31)29-10-8-27(9-11-29)17-18-16-20(25-22-19(18)6-7-21(26-22)33-3)28-12-14-30(15-13-28)24(32)35-5-2/h6-7,16H,4-5,8-15,17H2,1-3H3. The molecule has 0 radical (unpaired) electrons. The van der Waals surface area contributed by atoms with Crippen LogP contribution in [0.2, 0.25) is 0 Å². The summed E-state index contributed by atoms with van der Waals surface area (Å²) in [5, 5.41) is 0.979. The molecule has 190 valence electrons. The summed E-state index contributed by atoms with van der Waals surface area (Å²) < 4.78 is 15.6. The Kier molecular flexibility index (Phi) is 8.06. The maximum Gasteiger partial charge on any atom is 0.409 e. The van der Waals surface area contributed by atoms with Gasteiger partial charge >= 0.3 is 12.2 Å². The lowest BCUT2D eigenvalue weighted by atomic mass is 10.1. The molecule has 4 heterocycles. The van der Waals surface area contributed by atoms with Crippen LogP contribution < -0.4 is 9.64 Å². The number of carbonyl (C=O) groups is 2. The molecule has 0 spiro atoms. The summed E-state index contributed by atoms with van der Waals surface area (Å²) in [5.41, 5.74) is 1.76. The Labute approximate surface area is 205 Å². The van der Waals surface area contributed by atoms with Crippen LogP contribution in [0.4, 0.5) is 15.4 Å². The number of anilines is 1. The average Bonchev–Trinajstić information content (AvgIpc) is 2.89. The lowest BCUT2D eigenvalue weighted by Gasteiger charge is -2.36. The van der Waals surface area contributed by atoms with E-state index in [0.29, 0.717) is 64.0 Å². The largest absolute Gasteiger partial charge is 0.481 e. The molecule has 2 amide bonds. The Bertz CT molecular complexity index is 1030. The number of nitrogens with zero attached hydrogens (tertiary/aromatic N) is 6. The van der Waals surface area contributed by atoms with Crippen molar-refractivity contribution in [1.29, 1.82) is 0 Å². The fraction of sp³-hybridized carbons (Fsp3) is 0.583. The van der Waals surface area contributed by atoms with Crippen molar-refractivity contribution in [2.45, 2.75) is 20.4 Å². The molecule has 0 N–H and O–H groups in total. The Morgan fingerprint density at radius 3 is 2.03 bits per heavy atom. The number of methoxy groups -OCH3 is 1. The first-order chi connectivity index (χ1) is 17.0. The Hall–Kier alpha value is -3.34. The highest BCUT2D eigenvalue weighted by molar-refractivity contribution is 5.81. The molecular weight excluding hydrogens is 452 g/mol. The van der Waals surface area contributed by atoms with Crippen molar-refractivity contribution in [3.63, 3.8) is 0 Å². The van der Waals surface area contributed by atoms with Gasteiger partial charge in [0.15, 0.2) is 5.65 Å². The van der Waals surface area contributed by atoms with Crippen LogP contribution in [-0.4, -0.2) is 110 Å². The number of aromatic nitrogens is 2. The van der Waals surface area contributed by atoms with E-state index >= 15 is 0 Å². The van der Waals surface area contributed by atoms with Gasteiger partial charge in [-0.1, -0.05) is 0 Å². The van der Waals surface area contributed by atoms with Gasteiger partial charge in [-0.15, -0.1) is 0 Å². The third-order valence-electron chi connectivity index (χ3n) is 6.35. The molecule has 0 saturated carbocycles. The fourth-order valence-corrected chi connectivity index (χ4v) is 4.42. The number of carbonyl (C=O) groups excluding carboxylic acids is 2. The molecule has 2 aromatic rings. The van der Waals surface area contributed by atoms with E-state index in [4.69, 9.17) is 19.2 Å². The second kappa shape index (κ2) is 11.4.